The number of hydrogen-bond donors (Lipinski definition) is 0. The maximum Gasteiger partial charge on any atom is 0.426 e. The molecule has 5 nitrogen and oxygen atoms in total. The topological polar surface area (TPSA) is 46.2 Å². The average Bonchev–Trinajstić information content (AvgIpc) is 2.82. The Kier molecular flexibility index (Phi) is 7.03. The van der Waals surface area contributed by atoms with E-state index in [-0.39, 0.29) is 11.5 Å². The summed E-state index contributed by atoms with van der Waals surface area (Å²) >= 11 is 0. The minimum Gasteiger partial charge on any atom is -0.459 e. The average molecular weight is 504 g/mol. The van der Waals surface area contributed by atoms with Crippen LogP contribution in [0.25, 0.3) is 0 Å². The molecule has 3 saturated heterocycles. The molecule has 0 amide bonds. The molecule has 2 bridgehead atoms. The molecule has 0 unspecified atom stereocenters. The van der Waals surface area contributed by atoms with E-state index < -0.39 is 47.2 Å². The third-order valence-corrected chi connectivity index (χ3v) is 5.69. The van der Waals surface area contributed by atoms with Crippen LogP contribution in [0.3, 0.4) is 0 Å². The molecule has 0 radical (unpaired) electrons. The van der Waals surface area contributed by atoms with Gasteiger partial charge in [0.05, 0.1) is 31.6 Å². The van der Waals surface area contributed by atoms with Gasteiger partial charge in [0, 0.05) is 29.2 Å². The molecule has 0 spiro atoms. The van der Waals surface area contributed by atoms with Gasteiger partial charge >= 0.3 is 12.1 Å². The number of alkyl halides is 4. The lowest BCUT2D eigenvalue weighted by molar-refractivity contribution is -0.480. The number of halogens is 6. The molecule has 0 aromatic heterocycles. The summed E-state index contributed by atoms with van der Waals surface area (Å²) in [6, 6.07) is 5.69. The van der Waals surface area contributed by atoms with E-state index >= 15 is 0 Å². The highest BCUT2D eigenvalue weighted by atomic mass is 19.3. The van der Waals surface area contributed by atoms with Crippen molar-refractivity contribution in [3.8, 4) is 11.5 Å². The van der Waals surface area contributed by atoms with Gasteiger partial charge in [0.2, 0.25) is 0 Å². The highest BCUT2D eigenvalue weighted by Crippen LogP contribution is 2.46. The third-order valence-electron chi connectivity index (χ3n) is 5.69. The van der Waals surface area contributed by atoms with Crippen molar-refractivity contribution in [2.75, 3.05) is 19.8 Å². The maximum absolute atomic E-state index is 14.7. The Balaban J connectivity index is 1.46. The molecule has 0 atom stereocenters. The van der Waals surface area contributed by atoms with Crippen LogP contribution in [0.15, 0.2) is 48.7 Å². The number of rotatable bonds is 9. The zero-order valence-corrected chi connectivity index (χ0v) is 18.5. The Morgan fingerprint density at radius 3 is 2.09 bits per heavy atom. The first kappa shape index (κ1) is 25.3. The van der Waals surface area contributed by atoms with Crippen LogP contribution in [-0.2, 0) is 26.3 Å². The molecule has 190 valence electrons. The van der Waals surface area contributed by atoms with Crippen molar-refractivity contribution in [3.05, 3.63) is 71.5 Å². The smallest absolute Gasteiger partial charge is 0.426 e. The van der Waals surface area contributed by atoms with Crippen LogP contribution in [0.1, 0.15) is 30.9 Å². The standard InChI is InChI=1S/C24H22F6O5/c1-2-8-22-12-32-24(33-13-22,34-14-22)16-5-3-15(4-6-16)23(29,30)35-17-10-18(25)21(19(26)11-17)31-9-7-20(27)28/h3-7,9-11,20H,2,8,12-14H2,1H3/b9-7+. The molecule has 0 saturated carbocycles. The van der Waals surface area contributed by atoms with Gasteiger partial charge in [0.15, 0.2) is 17.4 Å². The van der Waals surface area contributed by atoms with E-state index in [1.807, 2.05) is 6.92 Å². The Morgan fingerprint density at radius 2 is 1.57 bits per heavy atom. The third kappa shape index (κ3) is 5.26. The van der Waals surface area contributed by atoms with Crippen LogP contribution in [0, 0.1) is 17.0 Å². The Morgan fingerprint density at radius 1 is 1.00 bits per heavy atom. The molecule has 3 heterocycles. The predicted octanol–water partition coefficient (Wildman–Crippen LogP) is 6.22. The second-order valence-corrected chi connectivity index (χ2v) is 8.37. The van der Waals surface area contributed by atoms with Crippen molar-refractivity contribution < 1.29 is 50.0 Å². The van der Waals surface area contributed by atoms with E-state index in [9.17, 15) is 26.3 Å². The van der Waals surface area contributed by atoms with E-state index in [1.165, 1.54) is 12.1 Å². The van der Waals surface area contributed by atoms with Gasteiger partial charge in [-0.25, -0.2) is 17.6 Å². The first-order valence-electron chi connectivity index (χ1n) is 10.8. The normalized spacial score (nSPS) is 24.3. The number of ether oxygens (including phenoxy) is 5. The van der Waals surface area contributed by atoms with Crippen LogP contribution in [-0.4, -0.2) is 26.2 Å². The van der Waals surface area contributed by atoms with Crippen LogP contribution in [0.2, 0.25) is 0 Å². The SMILES string of the molecule is CCCC12COC(c3ccc(C(F)(F)Oc4cc(F)c(O/C=C/C(F)F)c(F)c4)cc3)(OC1)OC2. The first-order chi connectivity index (χ1) is 16.6. The lowest BCUT2D eigenvalue weighted by Gasteiger charge is -2.52. The van der Waals surface area contributed by atoms with E-state index in [0.717, 1.165) is 25.0 Å². The molecule has 11 heteroatoms. The monoisotopic (exact) mass is 504 g/mol. The summed E-state index contributed by atoms with van der Waals surface area (Å²) in [7, 11) is 0. The number of fused-ring (bicyclic) bond motifs is 3. The van der Waals surface area contributed by atoms with Crippen LogP contribution in [0.5, 0.6) is 11.5 Å². The quantitative estimate of drug-likeness (QED) is 0.300. The number of hydrogen-bond acceptors (Lipinski definition) is 5. The molecule has 3 aliphatic rings. The summed E-state index contributed by atoms with van der Waals surface area (Å²) in [5, 5.41) is 0. The molecular weight excluding hydrogens is 482 g/mol. The van der Waals surface area contributed by atoms with Crippen molar-refractivity contribution in [1.29, 1.82) is 0 Å². The fraction of sp³-hybridized carbons (Fsp3) is 0.417. The summed E-state index contributed by atoms with van der Waals surface area (Å²) in [6.45, 7) is 3.29. The zero-order valence-electron chi connectivity index (χ0n) is 18.5. The Labute approximate surface area is 197 Å². The van der Waals surface area contributed by atoms with Gasteiger partial charge in [-0.05, 0) is 18.6 Å². The molecule has 3 fully saturated rings. The van der Waals surface area contributed by atoms with E-state index in [1.54, 1.807) is 0 Å². The summed E-state index contributed by atoms with van der Waals surface area (Å²) in [5.74, 6) is -6.18. The summed E-state index contributed by atoms with van der Waals surface area (Å²) < 4.78 is 108. The Hall–Kier alpha value is -2.76. The highest BCUT2D eigenvalue weighted by molar-refractivity contribution is 5.36. The highest BCUT2D eigenvalue weighted by Gasteiger charge is 2.53. The van der Waals surface area contributed by atoms with E-state index in [2.05, 4.69) is 9.47 Å². The molecular formula is C24H22F6O5. The molecule has 35 heavy (non-hydrogen) atoms. The lowest BCUT2D eigenvalue weighted by Crippen LogP contribution is -2.58. The largest absolute Gasteiger partial charge is 0.459 e. The van der Waals surface area contributed by atoms with Crippen LogP contribution >= 0.6 is 0 Å². The van der Waals surface area contributed by atoms with Gasteiger partial charge in [-0.1, -0.05) is 25.5 Å². The molecule has 2 aromatic carbocycles. The van der Waals surface area contributed by atoms with Crippen LogP contribution in [0.4, 0.5) is 26.3 Å². The van der Waals surface area contributed by atoms with Gasteiger partial charge in [-0.3, -0.25) is 0 Å². The van der Waals surface area contributed by atoms with Crippen molar-refractivity contribution in [2.45, 2.75) is 38.3 Å². The molecule has 0 N–H and O–H groups in total. The van der Waals surface area contributed by atoms with Gasteiger partial charge in [0.25, 0.3) is 6.43 Å². The molecule has 2 aromatic rings. The number of allylic oxidation sites excluding steroid dienone is 1. The Bertz CT molecular complexity index is 1030. The fourth-order valence-electron chi connectivity index (χ4n) is 3.94. The van der Waals surface area contributed by atoms with E-state index in [0.29, 0.717) is 43.8 Å². The van der Waals surface area contributed by atoms with Gasteiger partial charge in [0.1, 0.15) is 5.75 Å². The van der Waals surface area contributed by atoms with E-state index in [4.69, 9.17) is 14.2 Å². The molecule has 5 rings (SSSR count). The second-order valence-electron chi connectivity index (χ2n) is 8.37. The summed E-state index contributed by atoms with van der Waals surface area (Å²) in [4.78, 5) is 0. The fourth-order valence-corrected chi connectivity index (χ4v) is 3.94. The lowest BCUT2D eigenvalue weighted by atomic mass is 9.83. The van der Waals surface area contributed by atoms with Crippen LogP contribution < -0.4 is 9.47 Å². The minimum absolute atomic E-state index is 0.221. The van der Waals surface area contributed by atoms with Crippen molar-refractivity contribution in [1.82, 2.24) is 0 Å². The molecule has 3 aliphatic heterocycles. The predicted molar refractivity (Wildman–Crippen MR) is 110 cm³/mol. The second kappa shape index (κ2) is 9.71. The minimum atomic E-state index is -3.97. The maximum atomic E-state index is 14.7. The van der Waals surface area contributed by atoms with Gasteiger partial charge in [-0.2, -0.15) is 8.78 Å². The molecule has 0 aliphatic carbocycles. The van der Waals surface area contributed by atoms with Crippen molar-refractivity contribution in [3.63, 3.8) is 0 Å². The van der Waals surface area contributed by atoms with Gasteiger partial charge in [-0.15, -0.1) is 0 Å². The zero-order chi connectivity index (χ0) is 25.3. The summed E-state index contributed by atoms with van der Waals surface area (Å²) in [6.07, 6.45) is -4.42. The van der Waals surface area contributed by atoms with Gasteiger partial charge < -0.3 is 23.7 Å². The first-order valence-corrected chi connectivity index (χ1v) is 10.8. The number of benzene rings is 2. The van der Waals surface area contributed by atoms with Crippen molar-refractivity contribution >= 4 is 0 Å². The summed E-state index contributed by atoms with van der Waals surface area (Å²) in [5.41, 5.74) is -0.454. The van der Waals surface area contributed by atoms with Crippen molar-refractivity contribution in [2.24, 2.45) is 5.41 Å².